The second-order valence-corrected chi connectivity index (χ2v) is 5.19. The highest BCUT2D eigenvalue weighted by atomic mass is 79.9. The molecule has 19 heavy (non-hydrogen) atoms. The van der Waals surface area contributed by atoms with E-state index in [4.69, 9.17) is 10.5 Å². The normalized spacial score (nSPS) is 10.2. The third-order valence-electron chi connectivity index (χ3n) is 2.76. The van der Waals surface area contributed by atoms with Crippen molar-refractivity contribution in [1.82, 2.24) is 0 Å². The minimum atomic E-state index is -0.354. The predicted molar refractivity (Wildman–Crippen MR) is 78.9 cm³/mol. The Kier molecular flexibility index (Phi) is 4.22. The van der Waals surface area contributed by atoms with Gasteiger partial charge in [0.15, 0.2) is 0 Å². The van der Waals surface area contributed by atoms with E-state index in [1.807, 2.05) is 37.3 Å². The molecule has 0 aromatic heterocycles. The van der Waals surface area contributed by atoms with Gasteiger partial charge in [-0.15, -0.1) is 0 Å². The molecule has 2 rings (SSSR count). The molecule has 0 aliphatic heterocycles. The Bertz CT molecular complexity index is 594. The molecule has 0 bridgehead atoms. The summed E-state index contributed by atoms with van der Waals surface area (Å²) in [5, 5.41) is 0. The molecule has 0 saturated carbocycles. The number of esters is 1. The second kappa shape index (κ2) is 5.89. The van der Waals surface area contributed by atoms with Crippen LogP contribution in [0.5, 0.6) is 0 Å². The average molecular weight is 320 g/mol. The molecule has 0 atom stereocenters. The Morgan fingerprint density at radius 2 is 1.89 bits per heavy atom. The van der Waals surface area contributed by atoms with E-state index in [1.54, 1.807) is 12.1 Å². The molecule has 2 N–H and O–H groups in total. The molecule has 0 heterocycles. The quantitative estimate of drug-likeness (QED) is 0.693. The van der Waals surface area contributed by atoms with Crippen LogP contribution in [0, 0.1) is 6.92 Å². The fourth-order valence-electron chi connectivity index (χ4n) is 1.67. The number of benzene rings is 2. The maximum Gasteiger partial charge on any atom is 0.338 e. The number of ether oxygens (including phenoxy) is 1. The number of hydrogen-bond donors (Lipinski definition) is 1. The number of halogens is 1. The fraction of sp³-hybridized carbons (Fsp3) is 0.133. The Labute approximate surface area is 120 Å². The molecule has 0 spiro atoms. The van der Waals surface area contributed by atoms with Crippen molar-refractivity contribution in [2.45, 2.75) is 13.5 Å². The van der Waals surface area contributed by atoms with Gasteiger partial charge in [0.25, 0.3) is 0 Å². The zero-order chi connectivity index (χ0) is 13.8. The number of rotatable bonds is 3. The summed E-state index contributed by atoms with van der Waals surface area (Å²) in [6, 6.07) is 12.8. The van der Waals surface area contributed by atoms with E-state index in [2.05, 4.69) is 15.9 Å². The van der Waals surface area contributed by atoms with Gasteiger partial charge in [-0.25, -0.2) is 4.79 Å². The summed E-state index contributed by atoms with van der Waals surface area (Å²) in [7, 11) is 0. The molecule has 0 amide bonds. The molecular weight excluding hydrogens is 306 g/mol. The van der Waals surface area contributed by atoms with Gasteiger partial charge in [-0.3, -0.25) is 0 Å². The lowest BCUT2D eigenvalue weighted by Gasteiger charge is -2.08. The van der Waals surface area contributed by atoms with Crippen molar-refractivity contribution < 1.29 is 9.53 Å². The molecule has 0 unspecified atom stereocenters. The minimum Gasteiger partial charge on any atom is -0.457 e. The summed E-state index contributed by atoms with van der Waals surface area (Å²) in [5.41, 5.74) is 8.54. The van der Waals surface area contributed by atoms with Crippen LogP contribution in [0.25, 0.3) is 0 Å². The number of nitrogen functional groups attached to an aromatic ring is 1. The third kappa shape index (κ3) is 3.58. The average Bonchev–Trinajstić information content (AvgIpc) is 2.40. The van der Waals surface area contributed by atoms with Crippen molar-refractivity contribution in [2.75, 3.05) is 5.73 Å². The number of aryl methyl sites for hydroxylation is 1. The van der Waals surface area contributed by atoms with Crippen LogP contribution in [0.15, 0.2) is 46.9 Å². The van der Waals surface area contributed by atoms with Crippen LogP contribution in [0.1, 0.15) is 21.5 Å². The number of nitrogens with two attached hydrogens (primary N) is 1. The van der Waals surface area contributed by atoms with Crippen LogP contribution in [0.3, 0.4) is 0 Å². The standard InChI is InChI=1S/C15H14BrNO2/c1-10-2-7-13(17)8-14(10)15(18)19-9-11-3-5-12(16)6-4-11/h2-8H,9,17H2,1H3. The minimum absolute atomic E-state index is 0.250. The summed E-state index contributed by atoms with van der Waals surface area (Å²) >= 11 is 3.36. The molecule has 2 aromatic carbocycles. The maximum absolute atomic E-state index is 12.0. The molecule has 0 radical (unpaired) electrons. The summed E-state index contributed by atoms with van der Waals surface area (Å²) in [5.74, 6) is -0.354. The first-order chi connectivity index (χ1) is 9.06. The summed E-state index contributed by atoms with van der Waals surface area (Å²) in [6.07, 6.45) is 0. The van der Waals surface area contributed by atoms with E-state index < -0.39 is 0 Å². The van der Waals surface area contributed by atoms with Crippen molar-refractivity contribution in [3.8, 4) is 0 Å². The number of hydrogen-bond acceptors (Lipinski definition) is 3. The van der Waals surface area contributed by atoms with Gasteiger partial charge in [-0.2, -0.15) is 0 Å². The van der Waals surface area contributed by atoms with Gasteiger partial charge in [0, 0.05) is 10.2 Å². The van der Waals surface area contributed by atoms with Crippen molar-refractivity contribution in [3.05, 3.63) is 63.6 Å². The van der Waals surface area contributed by atoms with Gasteiger partial charge in [0.2, 0.25) is 0 Å². The molecule has 98 valence electrons. The molecular formula is C15H14BrNO2. The Morgan fingerprint density at radius 3 is 2.58 bits per heavy atom. The summed E-state index contributed by atoms with van der Waals surface area (Å²) in [4.78, 5) is 12.0. The number of anilines is 1. The van der Waals surface area contributed by atoms with Crippen LogP contribution >= 0.6 is 15.9 Å². The van der Waals surface area contributed by atoms with Gasteiger partial charge in [0.05, 0.1) is 5.56 Å². The molecule has 0 fully saturated rings. The summed E-state index contributed by atoms with van der Waals surface area (Å²) in [6.45, 7) is 2.11. The van der Waals surface area contributed by atoms with Gasteiger partial charge in [-0.05, 0) is 42.3 Å². The maximum atomic E-state index is 12.0. The monoisotopic (exact) mass is 319 g/mol. The van der Waals surface area contributed by atoms with Crippen molar-refractivity contribution in [1.29, 1.82) is 0 Å². The predicted octanol–water partition coefficient (Wildman–Crippen LogP) is 3.70. The number of carbonyl (C=O) groups excluding carboxylic acids is 1. The van der Waals surface area contributed by atoms with Crippen LogP contribution in [0.4, 0.5) is 5.69 Å². The summed E-state index contributed by atoms with van der Waals surface area (Å²) < 4.78 is 6.27. The molecule has 2 aromatic rings. The Balaban J connectivity index is 2.05. The lowest BCUT2D eigenvalue weighted by molar-refractivity contribution is 0.0472. The Morgan fingerprint density at radius 1 is 1.21 bits per heavy atom. The molecule has 0 saturated heterocycles. The van der Waals surface area contributed by atoms with E-state index in [0.29, 0.717) is 11.3 Å². The van der Waals surface area contributed by atoms with E-state index in [9.17, 15) is 4.79 Å². The van der Waals surface area contributed by atoms with Crippen LogP contribution in [0.2, 0.25) is 0 Å². The van der Waals surface area contributed by atoms with Crippen molar-refractivity contribution in [3.63, 3.8) is 0 Å². The van der Waals surface area contributed by atoms with Gasteiger partial charge >= 0.3 is 5.97 Å². The largest absolute Gasteiger partial charge is 0.457 e. The highest BCUT2D eigenvalue weighted by molar-refractivity contribution is 9.10. The zero-order valence-corrected chi connectivity index (χ0v) is 12.1. The van der Waals surface area contributed by atoms with E-state index in [1.165, 1.54) is 0 Å². The first kappa shape index (κ1) is 13.6. The Hall–Kier alpha value is -1.81. The highest BCUT2D eigenvalue weighted by Gasteiger charge is 2.11. The SMILES string of the molecule is Cc1ccc(N)cc1C(=O)OCc1ccc(Br)cc1. The molecule has 0 aliphatic carbocycles. The molecule has 4 heteroatoms. The topological polar surface area (TPSA) is 52.3 Å². The molecule has 3 nitrogen and oxygen atoms in total. The van der Waals surface area contributed by atoms with Crippen molar-refractivity contribution >= 4 is 27.6 Å². The van der Waals surface area contributed by atoms with Crippen LogP contribution < -0.4 is 5.73 Å². The smallest absolute Gasteiger partial charge is 0.338 e. The van der Waals surface area contributed by atoms with E-state index in [0.717, 1.165) is 15.6 Å². The zero-order valence-electron chi connectivity index (χ0n) is 10.5. The van der Waals surface area contributed by atoms with Crippen LogP contribution in [-0.4, -0.2) is 5.97 Å². The van der Waals surface area contributed by atoms with E-state index >= 15 is 0 Å². The second-order valence-electron chi connectivity index (χ2n) is 4.28. The lowest BCUT2D eigenvalue weighted by atomic mass is 10.1. The fourth-order valence-corrected chi connectivity index (χ4v) is 1.93. The first-order valence-corrected chi connectivity index (χ1v) is 6.63. The highest BCUT2D eigenvalue weighted by Crippen LogP contribution is 2.16. The molecule has 0 aliphatic rings. The van der Waals surface area contributed by atoms with Crippen LogP contribution in [-0.2, 0) is 11.3 Å². The van der Waals surface area contributed by atoms with Gasteiger partial charge in [-0.1, -0.05) is 34.1 Å². The van der Waals surface area contributed by atoms with Gasteiger partial charge < -0.3 is 10.5 Å². The van der Waals surface area contributed by atoms with Crippen molar-refractivity contribution in [2.24, 2.45) is 0 Å². The third-order valence-corrected chi connectivity index (χ3v) is 3.29. The number of carbonyl (C=O) groups is 1. The first-order valence-electron chi connectivity index (χ1n) is 5.84. The lowest BCUT2D eigenvalue weighted by Crippen LogP contribution is -2.07. The van der Waals surface area contributed by atoms with Gasteiger partial charge in [0.1, 0.15) is 6.61 Å². The van der Waals surface area contributed by atoms with E-state index in [-0.39, 0.29) is 12.6 Å².